The highest BCUT2D eigenvalue weighted by atomic mass is 16.3. The molecular weight excluding hydrogens is 204 g/mol. The van der Waals surface area contributed by atoms with Gasteiger partial charge in [0, 0.05) is 33.2 Å². The molecule has 0 radical (unpaired) electrons. The summed E-state index contributed by atoms with van der Waals surface area (Å²) in [6.07, 6.45) is 4.03. The molecule has 1 saturated carbocycles. The molecule has 0 saturated heterocycles. The number of aliphatic hydroxyl groups is 1. The van der Waals surface area contributed by atoms with Crippen molar-refractivity contribution >= 4 is 5.95 Å². The van der Waals surface area contributed by atoms with E-state index < -0.39 is 0 Å². The largest absolute Gasteiger partial charge is 0.394 e. The summed E-state index contributed by atoms with van der Waals surface area (Å²) < 4.78 is 2.07. The molecular formula is C11H20N4O. The highest BCUT2D eigenvalue weighted by Crippen LogP contribution is 2.34. The predicted molar refractivity (Wildman–Crippen MR) is 63.4 cm³/mol. The Morgan fingerprint density at radius 2 is 2.25 bits per heavy atom. The number of hydrogen-bond acceptors (Lipinski definition) is 4. The first-order valence-electron chi connectivity index (χ1n) is 5.62. The molecule has 16 heavy (non-hydrogen) atoms. The molecule has 1 fully saturated rings. The summed E-state index contributed by atoms with van der Waals surface area (Å²) in [6.45, 7) is 0.989. The van der Waals surface area contributed by atoms with Gasteiger partial charge in [0.05, 0.1) is 18.5 Å². The first kappa shape index (κ1) is 11.4. The predicted octanol–water partition coefficient (Wildman–Crippen LogP) is 0.101. The van der Waals surface area contributed by atoms with Crippen molar-refractivity contribution in [3.05, 3.63) is 11.9 Å². The van der Waals surface area contributed by atoms with Gasteiger partial charge in [-0.1, -0.05) is 0 Å². The van der Waals surface area contributed by atoms with Gasteiger partial charge >= 0.3 is 0 Å². The van der Waals surface area contributed by atoms with Crippen LogP contribution in [-0.4, -0.2) is 40.9 Å². The Kier molecular flexibility index (Phi) is 2.90. The average Bonchev–Trinajstić information content (AvgIpc) is 2.94. The molecule has 0 spiro atoms. The second kappa shape index (κ2) is 4.07. The van der Waals surface area contributed by atoms with E-state index in [1.807, 2.05) is 32.2 Å². The summed E-state index contributed by atoms with van der Waals surface area (Å²) in [7, 11) is 5.98. The second-order valence-corrected chi connectivity index (χ2v) is 4.79. The average molecular weight is 224 g/mol. The molecule has 1 aromatic rings. The molecule has 90 valence electrons. The van der Waals surface area contributed by atoms with Gasteiger partial charge < -0.3 is 19.9 Å². The molecule has 0 atom stereocenters. The standard InChI is InChI=1S/C11H20N4O/c1-14(2)10-12-6-9(15(10)3)7-13-11(8-16)4-5-11/h6,13,16H,4-5,7-8H2,1-3H3. The molecule has 0 amide bonds. The lowest BCUT2D eigenvalue weighted by Crippen LogP contribution is -2.34. The molecule has 0 bridgehead atoms. The lowest BCUT2D eigenvalue weighted by atomic mass is 10.3. The fraction of sp³-hybridized carbons (Fsp3) is 0.727. The first-order chi connectivity index (χ1) is 7.58. The summed E-state index contributed by atoms with van der Waals surface area (Å²) in [5.41, 5.74) is 1.13. The van der Waals surface area contributed by atoms with Crippen molar-refractivity contribution in [2.24, 2.45) is 7.05 Å². The minimum absolute atomic E-state index is 0.0114. The van der Waals surface area contributed by atoms with Crippen molar-refractivity contribution < 1.29 is 5.11 Å². The third-order valence-electron chi connectivity index (χ3n) is 3.26. The molecule has 0 aliphatic heterocycles. The van der Waals surface area contributed by atoms with E-state index in [1.165, 1.54) is 0 Å². The van der Waals surface area contributed by atoms with Crippen LogP contribution in [0.1, 0.15) is 18.5 Å². The van der Waals surface area contributed by atoms with Crippen LogP contribution in [0.2, 0.25) is 0 Å². The van der Waals surface area contributed by atoms with Gasteiger partial charge in [0.1, 0.15) is 0 Å². The van der Waals surface area contributed by atoms with Crippen LogP contribution in [0.15, 0.2) is 6.20 Å². The summed E-state index contributed by atoms with van der Waals surface area (Å²) >= 11 is 0. The van der Waals surface area contributed by atoms with E-state index in [4.69, 9.17) is 0 Å². The second-order valence-electron chi connectivity index (χ2n) is 4.79. The van der Waals surface area contributed by atoms with Crippen LogP contribution in [0.4, 0.5) is 5.95 Å². The zero-order valence-corrected chi connectivity index (χ0v) is 10.2. The van der Waals surface area contributed by atoms with Gasteiger partial charge in [-0.05, 0) is 12.8 Å². The third-order valence-corrected chi connectivity index (χ3v) is 3.26. The van der Waals surface area contributed by atoms with Gasteiger partial charge in [-0.25, -0.2) is 4.98 Å². The maximum atomic E-state index is 9.20. The smallest absolute Gasteiger partial charge is 0.204 e. The summed E-state index contributed by atoms with van der Waals surface area (Å²) in [4.78, 5) is 6.34. The molecule has 5 nitrogen and oxygen atoms in total. The Hall–Kier alpha value is -1.07. The van der Waals surface area contributed by atoms with Crippen LogP contribution >= 0.6 is 0 Å². The number of hydrogen-bond donors (Lipinski definition) is 2. The van der Waals surface area contributed by atoms with E-state index in [0.29, 0.717) is 0 Å². The van der Waals surface area contributed by atoms with Crippen molar-refractivity contribution in [1.29, 1.82) is 0 Å². The molecule has 1 aromatic heterocycles. The molecule has 1 aliphatic carbocycles. The van der Waals surface area contributed by atoms with E-state index in [2.05, 4.69) is 14.9 Å². The van der Waals surface area contributed by atoms with E-state index in [-0.39, 0.29) is 12.1 Å². The number of rotatable bonds is 5. The highest BCUT2D eigenvalue weighted by Gasteiger charge is 2.41. The molecule has 0 unspecified atom stereocenters. The van der Waals surface area contributed by atoms with Gasteiger partial charge in [0.15, 0.2) is 0 Å². The maximum Gasteiger partial charge on any atom is 0.204 e. The van der Waals surface area contributed by atoms with Gasteiger partial charge in [0.25, 0.3) is 0 Å². The number of aromatic nitrogens is 2. The maximum absolute atomic E-state index is 9.20. The Bertz CT molecular complexity index is 368. The monoisotopic (exact) mass is 224 g/mol. The van der Waals surface area contributed by atoms with E-state index in [9.17, 15) is 5.11 Å². The number of anilines is 1. The zero-order valence-electron chi connectivity index (χ0n) is 10.2. The van der Waals surface area contributed by atoms with Crippen LogP contribution in [0, 0.1) is 0 Å². The fourth-order valence-electron chi connectivity index (χ4n) is 1.83. The molecule has 2 rings (SSSR count). The normalized spacial score (nSPS) is 17.5. The quantitative estimate of drug-likeness (QED) is 0.745. The number of nitrogens with one attached hydrogen (secondary N) is 1. The van der Waals surface area contributed by atoms with Crippen molar-refractivity contribution in [2.75, 3.05) is 25.6 Å². The topological polar surface area (TPSA) is 53.3 Å². The van der Waals surface area contributed by atoms with Crippen molar-refractivity contribution in [1.82, 2.24) is 14.9 Å². The highest BCUT2D eigenvalue weighted by molar-refractivity contribution is 5.31. The van der Waals surface area contributed by atoms with Crippen molar-refractivity contribution in [3.63, 3.8) is 0 Å². The number of aliphatic hydroxyl groups excluding tert-OH is 1. The lowest BCUT2D eigenvalue weighted by Gasteiger charge is -2.16. The van der Waals surface area contributed by atoms with Crippen LogP contribution in [-0.2, 0) is 13.6 Å². The Balaban J connectivity index is 2.00. The Morgan fingerprint density at radius 3 is 2.69 bits per heavy atom. The summed E-state index contributed by atoms with van der Waals surface area (Å²) in [5, 5.41) is 12.6. The van der Waals surface area contributed by atoms with E-state index in [1.54, 1.807) is 0 Å². The van der Waals surface area contributed by atoms with Crippen molar-refractivity contribution in [3.8, 4) is 0 Å². The first-order valence-corrected chi connectivity index (χ1v) is 5.62. The molecule has 0 aromatic carbocycles. The van der Waals surface area contributed by atoms with Crippen LogP contribution < -0.4 is 10.2 Å². The zero-order chi connectivity index (χ0) is 11.8. The van der Waals surface area contributed by atoms with E-state index in [0.717, 1.165) is 31.0 Å². The van der Waals surface area contributed by atoms with E-state index >= 15 is 0 Å². The Morgan fingerprint density at radius 1 is 1.56 bits per heavy atom. The van der Waals surface area contributed by atoms with Crippen molar-refractivity contribution in [2.45, 2.75) is 24.9 Å². The van der Waals surface area contributed by atoms with Crippen LogP contribution in [0.5, 0.6) is 0 Å². The summed E-state index contributed by atoms with van der Waals surface area (Å²) in [6, 6.07) is 0. The van der Waals surface area contributed by atoms with Gasteiger partial charge in [-0.15, -0.1) is 0 Å². The molecule has 5 heteroatoms. The van der Waals surface area contributed by atoms with Crippen LogP contribution in [0.3, 0.4) is 0 Å². The molecule has 1 aliphatic rings. The SMILES string of the molecule is CN(C)c1ncc(CNC2(CO)CC2)n1C. The van der Waals surface area contributed by atoms with Gasteiger partial charge in [0.2, 0.25) is 5.95 Å². The lowest BCUT2D eigenvalue weighted by molar-refractivity contribution is 0.229. The fourth-order valence-corrected chi connectivity index (χ4v) is 1.83. The molecule has 1 heterocycles. The van der Waals surface area contributed by atoms with Gasteiger partial charge in [-0.2, -0.15) is 0 Å². The summed E-state index contributed by atoms with van der Waals surface area (Å²) in [5.74, 6) is 0.950. The minimum Gasteiger partial charge on any atom is -0.394 e. The van der Waals surface area contributed by atoms with Gasteiger partial charge in [-0.3, -0.25) is 0 Å². The van der Waals surface area contributed by atoms with Crippen LogP contribution in [0.25, 0.3) is 0 Å². The Labute approximate surface area is 96.1 Å². The number of nitrogens with zero attached hydrogens (tertiary/aromatic N) is 3. The minimum atomic E-state index is -0.0114. The third kappa shape index (κ3) is 2.05. The number of imidazole rings is 1. The molecule has 2 N–H and O–H groups in total.